The smallest absolute Gasteiger partial charge is 0.0399 e. The van der Waals surface area contributed by atoms with E-state index in [-0.39, 0.29) is 6.04 Å². The average molecular weight is 336 g/mol. The summed E-state index contributed by atoms with van der Waals surface area (Å²) >= 11 is 0. The topological polar surface area (TPSA) is 48.8 Å². The number of hydrogen-bond acceptors (Lipinski definition) is 1. The summed E-state index contributed by atoms with van der Waals surface area (Å²) in [5.74, 6) is 1.02. The molecule has 0 aromatic carbocycles. The molecule has 0 spiro atoms. The third kappa shape index (κ3) is 12.5. The van der Waals surface area contributed by atoms with Crippen molar-refractivity contribution < 1.29 is 0 Å². The van der Waals surface area contributed by atoms with E-state index in [0.29, 0.717) is 11.8 Å². The van der Waals surface area contributed by atoms with Crippen molar-refractivity contribution in [3.8, 4) is 0 Å². The van der Waals surface area contributed by atoms with Gasteiger partial charge in [-0.05, 0) is 43.1 Å². The molecule has 1 unspecified atom stereocenters. The predicted molar refractivity (Wildman–Crippen MR) is 107 cm³/mol. The maximum atomic E-state index is 8.63. The minimum absolute atomic E-state index is 0.135. The van der Waals surface area contributed by atoms with E-state index in [1.807, 2.05) is 0 Å². The minimum atomic E-state index is 0.135. The van der Waals surface area contributed by atoms with Crippen molar-refractivity contribution >= 4 is 0 Å². The fourth-order valence-corrected chi connectivity index (χ4v) is 3.22. The molecule has 0 fully saturated rings. The molecule has 0 radical (unpaired) electrons. The van der Waals surface area contributed by atoms with E-state index >= 15 is 0 Å². The monoisotopic (exact) mass is 335 g/mol. The summed E-state index contributed by atoms with van der Waals surface area (Å²) in [4.78, 5) is 2.98. The van der Waals surface area contributed by atoms with E-state index in [1.54, 1.807) is 0 Å². The zero-order chi connectivity index (χ0) is 18.0. The zero-order valence-corrected chi connectivity index (χ0v) is 16.7. The Balaban J connectivity index is 3.62. The van der Waals surface area contributed by atoms with Gasteiger partial charge in [-0.15, -0.1) is 0 Å². The Labute approximate surface area is 150 Å². The van der Waals surface area contributed by atoms with Crippen molar-refractivity contribution in [2.75, 3.05) is 0 Å². The first-order chi connectivity index (χ1) is 11.7. The number of allylic oxidation sites excluding steroid dienone is 2. The number of unbranched alkanes of at least 4 members (excludes halogenated alkanes) is 9. The lowest BCUT2D eigenvalue weighted by Gasteiger charge is -2.23. The van der Waals surface area contributed by atoms with Crippen LogP contribution in [0.3, 0.4) is 0 Å². The van der Waals surface area contributed by atoms with Gasteiger partial charge in [0.1, 0.15) is 0 Å². The largest absolute Gasteiger partial charge is 0.0903 e. The van der Waals surface area contributed by atoms with Gasteiger partial charge in [-0.1, -0.05) is 96.3 Å². The average Bonchev–Trinajstić information content (AvgIpc) is 2.59. The lowest BCUT2D eigenvalue weighted by atomic mass is 9.86. The van der Waals surface area contributed by atoms with Crippen LogP contribution >= 0.6 is 0 Å². The van der Waals surface area contributed by atoms with Crippen LogP contribution in [-0.2, 0) is 0 Å². The lowest BCUT2D eigenvalue weighted by molar-refractivity contribution is 0.320. The maximum Gasteiger partial charge on any atom is 0.0399 e. The normalized spacial score (nSPS) is 15.2. The fraction of sp³-hybridized carbons (Fsp3) is 0.905. The molecule has 0 saturated carbocycles. The first-order valence-corrected chi connectivity index (χ1v) is 10.4. The highest BCUT2D eigenvalue weighted by Gasteiger charge is 2.19. The second-order valence-corrected chi connectivity index (χ2v) is 7.34. The second-order valence-electron chi connectivity index (χ2n) is 7.34. The molecule has 140 valence electrons. The lowest BCUT2D eigenvalue weighted by Crippen LogP contribution is -2.21. The molecule has 0 N–H and O–H groups in total. The van der Waals surface area contributed by atoms with Crippen LogP contribution in [0.2, 0.25) is 0 Å². The van der Waals surface area contributed by atoms with Crippen LogP contribution in [-0.4, -0.2) is 6.04 Å². The van der Waals surface area contributed by atoms with E-state index < -0.39 is 0 Å². The van der Waals surface area contributed by atoms with Gasteiger partial charge in [-0.2, -0.15) is 0 Å². The molecule has 3 nitrogen and oxygen atoms in total. The standard InChI is InChI=1S/C21H41N3/c1-5-7-8-9-10-11-12-13-14-15-16-17-18-19(3)20(4)21(6-2)23-24-22/h16-17,19-21H,5-15,18H2,1-4H3/t19-,20-,21?/m1/s1. The molecule has 0 rings (SSSR count). The summed E-state index contributed by atoms with van der Waals surface area (Å²) in [5.41, 5.74) is 8.63. The molecule has 0 aromatic heterocycles. The van der Waals surface area contributed by atoms with Gasteiger partial charge < -0.3 is 0 Å². The first-order valence-electron chi connectivity index (χ1n) is 10.4. The molecule has 0 aliphatic carbocycles. The number of rotatable bonds is 16. The summed E-state index contributed by atoms with van der Waals surface area (Å²) in [6, 6.07) is 0.135. The van der Waals surface area contributed by atoms with Gasteiger partial charge in [0.15, 0.2) is 0 Å². The van der Waals surface area contributed by atoms with Crippen LogP contribution in [0.25, 0.3) is 10.4 Å². The molecule has 0 saturated heterocycles. The zero-order valence-electron chi connectivity index (χ0n) is 16.7. The van der Waals surface area contributed by atoms with Gasteiger partial charge >= 0.3 is 0 Å². The summed E-state index contributed by atoms with van der Waals surface area (Å²) < 4.78 is 0. The van der Waals surface area contributed by atoms with Crippen molar-refractivity contribution in [1.29, 1.82) is 0 Å². The minimum Gasteiger partial charge on any atom is -0.0903 e. The predicted octanol–water partition coefficient (Wildman–Crippen LogP) is 8.21. The Bertz CT molecular complexity index is 345. The van der Waals surface area contributed by atoms with Gasteiger partial charge in [0, 0.05) is 11.0 Å². The molecule has 3 heteroatoms. The van der Waals surface area contributed by atoms with Crippen molar-refractivity contribution in [3.05, 3.63) is 22.6 Å². The summed E-state index contributed by atoms with van der Waals surface area (Å²) in [7, 11) is 0. The van der Waals surface area contributed by atoms with Crippen LogP contribution < -0.4 is 0 Å². The molecule has 0 aliphatic heterocycles. The third-order valence-corrected chi connectivity index (χ3v) is 5.27. The third-order valence-electron chi connectivity index (χ3n) is 5.27. The summed E-state index contributed by atoms with van der Waals surface area (Å²) in [5, 5.41) is 3.93. The van der Waals surface area contributed by atoms with Crippen LogP contribution in [0.15, 0.2) is 17.3 Å². The van der Waals surface area contributed by atoms with Gasteiger partial charge in [0.25, 0.3) is 0 Å². The maximum absolute atomic E-state index is 8.63. The van der Waals surface area contributed by atoms with E-state index in [1.165, 1.54) is 64.2 Å². The van der Waals surface area contributed by atoms with Crippen molar-refractivity contribution in [2.45, 2.75) is 111 Å². The van der Waals surface area contributed by atoms with Crippen molar-refractivity contribution in [3.63, 3.8) is 0 Å². The molecular formula is C21H41N3. The Morgan fingerprint density at radius 1 is 0.875 bits per heavy atom. The number of hydrogen-bond donors (Lipinski definition) is 0. The Kier molecular flexibility index (Phi) is 16.2. The van der Waals surface area contributed by atoms with E-state index in [9.17, 15) is 0 Å². The summed E-state index contributed by atoms with van der Waals surface area (Å²) in [6.45, 7) is 8.85. The molecule has 3 atom stereocenters. The van der Waals surface area contributed by atoms with Crippen LogP contribution in [0, 0.1) is 11.8 Å². The highest BCUT2D eigenvalue weighted by atomic mass is 15.1. The highest BCUT2D eigenvalue weighted by molar-refractivity contribution is 4.86. The molecule has 0 heterocycles. The molecule has 0 aromatic rings. The van der Waals surface area contributed by atoms with Crippen LogP contribution in [0.5, 0.6) is 0 Å². The van der Waals surface area contributed by atoms with Crippen LogP contribution in [0.1, 0.15) is 105 Å². The fourth-order valence-electron chi connectivity index (χ4n) is 3.22. The highest BCUT2D eigenvalue weighted by Crippen LogP contribution is 2.23. The van der Waals surface area contributed by atoms with Gasteiger partial charge in [0.05, 0.1) is 0 Å². The molecular weight excluding hydrogens is 294 g/mol. The Morgan fingerprint density at radius 3 is 2.00 bits per heavy atom. The van der Waals surface area contributed by atoms with E-state index in [4.69, 9.17) is 5.53 Å². The Hall–Kier alpha value is -0.950. The van der Waals surface area contributed by atoms with Crippen molar-refractivity contribution in [1.82, 2.24) is 0 Å². The molecule has 24 heavy (non-hydrogen) atoms. The first kappa shape index (κ1) is 23.1. The van der Waals surface area contributed by atoms with E-state index in [0.717, 1.165) is 12.8 Å². The SMILES string of the molecule is CCCCCCCCCCCC=CC[C@@H](C)[C@@H](C)C(CC)N=[N+]=[N-]. The van der Waals surface area contributed by atoms with Crippen molar-refractivity contribution in [2.24, 2.45) is 17.0 Å². The van der Waals surface area contributed by atoms with Gasteiger partial charge in [-0.3, -0.25) is 0 Å². The Morgan fingerprint density at radius 2 is 1.46 bits per heavy atom. The quantitative estimate of drug-likeness (QED) is 0.0896. The molecule has 0 amide bonds. The van der Waals surface area contributed by atoms with Gasteiger partial charge in [-0.25, -0.2) is 0 Å². The van der Waals surface area contributed by atoms with E-state index in [2.05, 4.69) is 49.9 Å². The molecule has 0 bridgehead atoms. The second kappa shape index (κ2) is 16.9. The number of azide groups is 1. The molecule has 0 aliphatic rings. The summed E-state index contributed by atoms with van der Waals surface area (Å²) in [6.07, 6.45) is 20.5. The van der Waals surface area contributed by atoms with Gasteiger partial charge in [0.2, 0.25) is 0 Å². The number of nitrogens with zero attached hydrogens (tertiary/aromatic N) is 3. The van der Waals surface area contributed by atoms with Crippen LogP contribution in [0.4, 0.5) is 0 Å².